The number of thiazole rings is 1. The minimum absolute atomic E-state index is 0.114. The highest BCUT2D eigenvalue weighted by Gasteiger charge is 2.11. The number of nitrogens with zero attached hydrogens (tertiary/aromatic N) is 2. The molecular formula is C15H12N2O3S2. The Morgan fingerprint density at radius 3 is 2.95 bits per heavy atom. The molecule has 0 spiro atoms. The zero-order valence-electron chi connectivity index (χ0n) is 11.6. The van der Waals surface area contributed by atoms with Crippen LogP contribution in [0.3, 0.4) is 0 Å². The van der Waals surface area contributed by atoms with E-state index in [9.17, 15) is 14.7 Å². The van der Waals surface area contributed by atoms with Crippen LogP contribution in [-0.4, -0.2) is 20.5 Å². The Morgan fingerprint density at radius 1 is 1.41 bits per heavy atom. The maximum Gasteiger partial charge on any atom is 0.336 e. The van der Waals surface area contributed by atoms with Crippen LogP contribution in [0.1, 0.15) is 20.9 Å². The summed E-state index contributed by atoms with van der Waals surface area (Å²) in [5, 5.41) is 9.17. The zero-order chi connectivity index (χ0) is 15.7. The molecule has 22 heavy (non-hydrogen) atoms. The molecule has 2 aromatic heterocycles. The molecule has 1 aromatic carbocycles. The standard InChI is InChI=1S/C15H12N2O3S2/c1-9-7-17-13(18)6-10(16-15(17)22-9)8-21-12-5-3-2-4-11(12)14(19)20/h2-7H,8H2,1H3,(H,19,20). The van der Waals surface area contributed by atoms with Gasteiger partial charge in [0.15, 0.2) is 4.96 Å². The highest BCUT2D eigenvalue weighted by molar-refractivity contribution is 7.98. The van der Waals surface area contributed by atoms with E-state index in [-0.39, 0.29) is 11.1 Å². The molecule has 7 heteroatoms. The third-order valence-corrected chi connectivity index (χ3v) is 5.03. The quantitative estimate of drug-likeness (QED) is 0.744. The van der Waals surface area contributed by atoms with Gasteiger partial charge in [0.05, 0.1) is 11.3 Å². The normalized spacial score (nSPS) is 11.0. The lowest BCUT2D eigenvalue weighted by Gasteiger charge is -2.05. The largest absolute Gasteiger partial charge is 0.478 e. The van der Waals surface area contributed by atoms with Crippen LogP contribution in [-0.2, 0) is 5.75 Å². The Labute approximate surface area is 134 Å². The first-order valence-electron chi connectivity index (χ1n) is 6.48. The van der Waals surface area contributed by atoms with Crippen molar-refractivity contribution in [1.29, 1.82) is 0 Å². The number of rotatable bonds is 4. The van der Waals surface area contributed by atoms with E-state index in [4.69, 9.17) is 0 Å². The van der Waals surface area contributed by atoms with Crippen LogP contribution in [0.15, 0.2) is 46.2 Å². The van der Waals surface area contributed by atoms with Crippen LogP contribution < -0.4 is 5.56 Å². The Hall–Kier alpha value is -2.12. The Morgan fingerprint density at radius 2 is 2.18 bits per heavy atom. The van der Waals surface area contributed by atoms with Gasteiger partial charge in [-0.1, -0.05) is 12.1 Å². The van der Waals surface area contributed by atoms with Gasteiger partial charge in [-0.2, -0.15) is 0 Å². The van der Waals surface area contributed by atoms with Crippen molar-refractivity contribution in [2.75, 3.05) is 0 Å². The molecule has 3 rings (SSSR count). The van der Waals surface area contributed by atoms with E-state index in [1.54, 1.807) is 30.5 Å². The number of benzene rings is 1. The van der Waals surface area contributed by atoms with Crippen molar-refractivity contribution >= 4 is 34.0 Å². The number of carboxylic acid groups (broad SMARTS) is 1. The molecule has 0 aliphatic carbocycles. The highest BCUT2D eigenvalue weighted by atomic mass is 32.2. The number of hydrogen-bond donors (Lipinski definition) is 1. The van der Waals surface area contributed by atoms with Gasteiger partial charge >= 0.3 is 5.97 Å². The molecule has 0 saturated carbocycles. The molecule has 0 bridgehead atoms. The average molecular weight is 332 g/mol. The first-order valence-corrected chi connectivity index (χ1v) is 8.28. The van der Waals surface area contributed by atoms with E-state index in [2.05, 4.69) is 4.98 Å². The molecule has 0 aliphatic heterocycles. The van der Waals surface area contributed by atoms with Gasteiger partial charge in [0, 0.05) is 27.8 Å². The van der Waals surface area contributed by atoms with E-state index in [0.717, 1.165) is 4.88 Å². The molecule has 0 amide bonds. The molecule has 2 heterocycles. The summed E-state index contributed by atoms with van der Waals surface area (Å²) in [5.74, 6) is -0.507. The molecule has 0 atom stereocenters. The lowest BCUT2D eigenvalue weighted by Crippen LogP contribution is -2.12. The Balaban J connectivity index is 1.88. The van der Waals surface area contributed by atoms with Gasteiger partial charge in [0.1, 0.15) is 0 Å². The van der Waals surface area contributed by atoms with Gasteiger partial charge in [0.25, 0.3) is 5.56 Å². The van der Waals surface area contributed by atoms with E-state index in [1.807, 2.05) is 6.92 Å². The summed E-state index contributed by atoms with van der Waals surface area (Å²) in [5.41, 5.74) is 0.797. The van der Waals surface area contributed by atoms with Gasteiger partial charge in [-0.25, -0.2) is 9.78 Å². The summed E-state index contributed by atoms with van der Waals surface area (Å²) in [7, 11) is 0. The SMILES string of the molecule is Cc1cn2c(=O)cc(CSc3ccccc3C(=O)O)nc2s1. The van der Waals surface area contributed by atoms with Gasteiger partial charge in [-0.05, 0) is 19.1 Å². The van der Waals surface area contributed by atoms with E-state index in [1.165, 1.54) is 33.6 Å². The van der Waals surface area contributed by atoms with Crippen molar-refractivity contribution in [3.8, 4) is 0 Å². The van der Waals surface area contributed by atoms with E-state index < -0.39 is 5.97 Å². The molecule has 0 radical (unpaired) electrons. The molecule has 0 aliphatic rings. The number of aromatic carboxylic acids is 1. The molecular weight excluding hydrogens is 320 g/mol. The van der Waals surface area contributed by atoms with Crippen molar-refractivity contribution in [2.45, 2.75) is 17.6 Å². The van der Waals surface area contributed by atoms with Crippen molar-refractivity contribution in [3.63, 3.8) is 0 Å². The van der Waals surface area contributed by atoms with Crippen molar-refractivity contribution in [2.24, 2.45) is 0 Å². The van der Waals surface area contributed by atoms with Crippen LogP contribution in [0.4, 0.5) is 0 Å². The summed E-state index contributed by atoms with van der Waals surface area (Å²) >= 11 is 2.82. The maximum absolute atomic E-state index is 12.0. The van der Waals surface area contributed by atoms with Gasteiger partial charge in [0.2, 0.25) is 0 Å². The Kier molecular flexibility index (Phi) is 4.00. The van der Waals surface area contributed by atoms with Crippen LogP contribution in [0, 0.1) is 6.92 Å². The maximum atomic E-state index is 12.0. The van der Waals surface area contributed by atoms with Crippen molar-refractivity contribution < 1.29 is 9.90 Å². The van der Waals surface area contributed by atoms with Gasteiger partial charge in [-0.3, -0.25) is 9.20 Å². The summed E-state index contributed by atoms with van der Waals surface area (Å²) in [4.78, 5) is 30.0. The second-order valence-electron chi connectivity index (χ2n) is 4.67. The summed E-state index contributed by atoms with van der Waals surface area (Å²) in [6.45, 7) is 1.93. The summed E-state index contributed by atoms with van der Waals surface area (Å²) in [6, 6.07) is 8.31. The number of aromatic nitrogens is 2. The topological polar surface area (TPSA) is 71.7 Å². The van der Waals surface area contributed by atoms with Crippen LogP contribution in [0.25, 0.3) is 4.96 Å². The number of aryl methyl sites for hydroxylation is 1. The number of carboxylic acids is 1. The van der Waals surface area contributed by atoms with E-state index in [0.29, 0.717) is 21.3 Å². The number of fused-ring (bicyclic) bond motifs is 1. The fourth-order valence-electron chi connectivity index (χ4n) is 2.05. The minimum Gasteiger partial charge on any atom is -0.478 e. The predicted molar refractivity (Wildman–Crippen MR) is 87.0 cm³/mol. The molecule has 0 saturated heterocycles. The lowest BCUT2D eigenvalue weighted by atomic mass is 10.2. The van der Waals surface area contributed by atoms with E-state index >= 15 is 0 Å². The molecule has 3 aromatic rings. The number of carbonyl (C=O) groups is 1. The first-order chi connectivity index (χ1) is 10.5. The monoisotopic (exact) mass is 332 g/mol. The van der Waals surface area contributed by atoms with Crippen molar-refractivity contribution in [3.05, 3.63) is 63.0 Å². The molecule has 112 valence electrons. The van der Waals surface area contributed by atoms with Crippen LogP contribution in [0.2, 0.25) is 0 Å². The molecule has 5 nitrogen and oxygen atoms in total. The van der Waals surface area contributed by atoms with Crippen LogP contribution >= 0.6 is 23.1 Å². The second-order valence-corrected chi connectivity index (χ2v) is 6.90. The third-order valence-electron chi connectivity index (χ3n) is 3.03. The zero-order valence-corrected chi connectivity index (χ0v) is 13.3. The fourth-order valence-corrected chi connectivity index (χ4v) is 3.84. The Bertz CT molecular complexity index is 915. The second kappa shape index (κ2) is 5.94. The summed E-state index contributed by atoms with van der Waals surface area (Å²) < 4.78 is 1.53. The predicted octanol–water partition coefficient (Wildman–Crippen LogP) is 3.05. The summed E-state index contributed by atoms with van der Waals surface area (Å²) in [6.07, 6.45) is 1.77. The molecule has 0 fully saturated rings. The lowest BCUT2D eigenvalue weighted by molar-refractivity contribution is 0.0693. The number of hydrogen-bond acceptors (Lipinski definition) is 5. The molecule has 1 N–H and O–H groups in total. The van der Waals surface area contributed by atoms with Gasteiger partial charge in [-0.15, -0.1) is 23.1 Å². The average Bonchev–Trinajstić information content (AvgIpc) is 2.86. The highest BCUT2D eigenvalue weighted by Crippen LogP contribution is 2.26. The van der Waals surface area contributed by atoms with Crippen molar-refractivity contribution in [1.82, 2.24) is 9.38 Å². The number of thioether (sulfide) groups is 1. The smallest absolute Gasteiger partial charge is 0.336 e. The fraction of sp³-hybridized carbons (Fsp3) is 0.133. The first kappa shape index (κ1) is 14.8. The minimum atomic E-state index is -0.958. The van der Waals surface area contributed by atoms with Crippen LogP contribution in [0.5, 0.6) is 0 Å². The van der Waals surface area contributed by atoms with Gasteiger partial charge < -0.3 is 5.11 Å². The molecule has 0 unspecified atom stereocenters. The third kappa shape index (κ3) is 2.90.